The molecule has 6 rings (SSSR count). The summed E-state index contributed by atoms with van der Waals surface area (Å²) in [5, 5.41) is 1.85. The van der Waals surface area contributed by atoms with E-state index in [0.717, 1.165) is 42.2 Å². The topological polar surface area (TPSA) is 63.1 Å². The van der Waals surface area contributed by atoms with Crippen LogP contribution >= 0.6 is 12.4 Å². The van der Waals surface area contributed by atoms with E-state index in [2.05, 4.69) is 28.1 Å². The van der Waals surface area contributed by atoms with Gasteiger partial charge in [0, 0.05) is 24.0 Å². The van der Waals surface area contributed by atoms with Gasteiger partial charge in [0.15, 0.2) is 5.82 Å². The van der Waals surface area contributed by atoms with Crippen molar-refractivity contribution in [2.45, 2.75) is 38.6 Å². The quantitative estimate of drug-likeness (QED) is 0.432. The van der Waals surface area contributed by atoms with Gasteiger partial charge in [0.2, 0.25) is 0 Å². The molecule has 2 aliphatic rings. The first kappa shape index (κ1) is 22.0. The summed E-state index contributed by atoms with van der Waals surface area (Å²) in [5.74, 6) is 1.48. The number of aromatic amines is 1. The number of ether oxygens (including phenoxy) is 1. The fourth-order valence-corrected chi connectivity index (χ4v) is 5.22. The number of aromatic nitrogens is 3. The van der Waals surface area contributed by atoms with Crippen molar-refractivity contribution in [2.24, 2.45) is 0 Å². The lowest BCUT2D eigenvalue weighted by Gasteiger charge is -2.26. The molecular weight excluding hydrogens is 436 g/mol. The Bertz CT molecular complexity index is 1350. The zero-order chi connectivity index (χ0) is 21.5. The Morgan fingerprint density at radius 2 is 1.85 bits per heavy atom. The molecule has 33 heavy (non-hydrogen) atoms. The number of halogens is 1. The number of nitrogens with zero attached hydrogens (tertiary/aromatic N) is 3. The van der Waals surface area contributed by atoms with Gasteiger partial charge < -0.3 is 14.6 Å². The highest BCUT2D eigenvalue weighted by molar-refractivity contribution is 5.91. The molecule has 0 unspecified atom stereocenters. The third kappa shape index (κ3) is 4.02. The summed E-state index contributed by atoms with van der Waals surface area (Å²) >= 11 is 0. The van der Waals surface area contributed by atoms with Crippen molar-refractivity contribution in [2.75, 3.05) is 26.2 Å². The number of rotatable bonds is 5. The van der Waals surface area contributed by atoms with Gasteiger partial charge in [-0.3, -0.25) is 9.36 Å². The van der Waals surface area contributed by atoms with Gasteiger partial charge in [-0.15, -0.1) is 12.4 Å². The van der Waals surface area contributed by atoms with Gasteiger partial charge in [0.05, 0.1) is 23.2 Å². The Labute approximate surface area is 199 Å². The number of likely N-dealkylation sites (tertiary alicyclic amines) is 1. The van der Waals surface area contributed by atoms with Gasteiger partial charge in [0.1, 0.15) is 5.75 Å². The molecule has 4 heterocycles. The minimum atomic E-state index is 0. The standard InChI is InChI=1S/C26H28N4O2.ClH/c31-26-21-17-18(32-16-6-14-29-12-4-1-5-13-29)9-10-23(21)28-25-24-20(11-15-30(25)26)19-7-2-3-8-22(19)27-24;/h2-3,7-10,17,27H,1,4-6,11-16H2;1H. The Morgan fingerprint density at radius 3 is 2.73 bits per heavy atom. The summed E-state index contributed by atoms with van der Waals surface area (Å²) in [4.78, 5) is 24.2. The smallest absolute Gasteiger partial charge is 0.261 e. The van der Waals surface area contributed by atoms with Gasteiger partial charge in [0.25, 0.3) is 5.56 Å². The van der Waals surface area contributed by atoms with E-state index >= 15 is 0 Å². The van der Waals surface area contributed by atoms with Crippen molar-refractivity contribution in [1.29, 1.82) is 0 Å². The van der Waals surface area contributed by atoms with E-state index in [0.29, 0.717) is 24.1 Å². The van der Waals surface area contributed by atoms with Crippen LogP contribution in [0.15, 0.2) is 47.3 Å². The number of hydrogen-bond acceptors (Lipinski definition) is 4. The SMILES string of the molecule is Cl.O=c1c2cc(OCCCN3CCCCC3)ccc2nc2n1CCc1c-2[nH]c2ccccc12. The van der Waals surface area contributed by atoms with E-state index in [1.165, 1.54) is 43.3 Å². The summed E-state index contributed by atoms with van der Waals surface area (Å²) in [7, 11) is 0. The third-order valence-electron chi connectivity index (χ3n) is 6.88. The summed E-state index contributed by atoms with van der Waals surface area (Å²) in [5.41, 5.74) is 4.03. The molecule has 0 bridgehead atoms. The normalized spacial score (nSPS) is 15.8. The number of para-hydroxylation sites is 1. The van der Waals surface area contributed by atoms with Crippen LogP contribution < -0.4 is 10.3 Å². The predicted octanol–water partition coefficient (Wildman–Crippen LogP) is 4.78. The van der Waals surface area contributed by atoms with Crippen LogP contribution in [0.1, 0.15) is 31.2 Å². The minimum Gasteiger partial charge on any atom is -0.494 e. The molecule has 172 valence electrons. The van der Waals surface area contributed by atoms with E-state index < -0.39 is 0 Å². The van der Waals surface area contributed by atoms with Gasteiger partial charge in [-0.25, -0.2) is 4.98 Å². The summed E-state index contributed by atoms with van der Waals surface area (Å²) in [6.45, 7) is 4.81. The van der Waals surface area contributed by atoms with Crippen molar-refractivity contribution in [3.8, 4) is 17.3 Å². The monoisotopic (exact) mass is 464 g/mol. The summed E-state index contributed by atoms with van der Waals surface area (Å²) < 4.78 is 7.80. The molecule has 1 saturated heterocycles. The predicted molar refractivity (Wildman–Crippen MR) is 135 cm³/mol. The average molecular weight is 465 g/mol. The van der Waals surface area contributed by atoms with Crippen LogP contribution in [0.5, 0.6) is 5.75 Å². The average Bonchev–Trinajstić information content (AvgIpc) is 3.22. The molecule has 0 aliphatic carbocycles. The van der Waals surface area contributed by atoms with E-state index in [1.807, 2.05) is 24.3 Å². The molecule has 6 nitrogen and oxygen atoms in total. The van der Waals surface area contributed by atoms with Crippen LogP contribution in [0.3, 0.4) is 0 Å². The van der Waals surface area contributed by atoms with Crippen molar-refractivity contribution in [1.82, 2.24) is 19.4 Å². The number of H-pyrrole nitrogens is 1. The number of piperidine rings is 1. The molecule has 0 spiro atoms. The molecule has 0 atom stereocenters. The minimum absolute atomic E-state index is 0. The highest BCUT2D eigenvalue weighted by atomic mass is 35.5. The van der Waals surface area contributed by atoms with Crippen molar-refractivity contribution < 1.29 is 4.74 Å². The van der Waals surface area contributed by atoms with Gasteiger partial charge >= 0.3 is 0 Å². The lowest BCUT2D eigenvalue weighted by atomic mass is 10.0. The molecule has 0 saturated carbocycles. The largest absolute Gasteiger partial charge is 0.494 e. The van der Waals surface area contributed by atoms with Crippen LogP contribution in [0.4, 0.5) is 0 Å². The van der Waals surface area contributed by atoms with Crippen molar-refractivity contribution in [3.05, 3.63) is 58.4 Å². The molecule has 7 heteroatoms. The van der Waals surface area contributed by atoms with Crippen molar-refractivity contribution in [3.63, 3.8) is 0 Å². The molecule has 1 fully saturated rings. The maximum absolute atomic E-state index is 13.3. The Kier molecular flexibility index (Phi) is 6.13. The summed E-state index contributed by atoms with van der Waals surface area (Å²) in [6, 6.07) is 14.0. The second kappa shape index (κ2) is 9.20. The van der Waals surface area contributed by atoms with E-state index in [1.54, 1.807) is 4.57 Å². The van der Waals surface area contributed by atoms with E-state index in [-0.39, 0.29) is 18.0 Å². The zero-order valence-corrected chi connectivity index (χ0v) is 19.5. The number of aryl methyl sites for hydroxylation is 1. The molecular formula is C26H29ClN4O2. The van der Waals surface area contributed by atoms with Crippen molar-refractivity contribution >= 4 is 34.2 Å². The van der Waals surface area contributed by atoms with E-state index in [9.17, 15) is 4.79 Å². The Morgan fingerprint density at radius 1 is 1.00 bits per heavy atom. The number of hydrogen-bond donors (Lipinski definition) is 1. The number of nitrogens with one attached hydrogen (secondary N) is 1. The first-order chi connectivity index (χ1) is 15.8. The van der Waals surface area contributed by atoms with E-state index in [4.69, 9.17) is 9.72 Å². The zero-order valence-electron chi connectivity index (χ0n) is 18.7. The Balaban J connectivity index is 0.00000228. The third-order valence-corrected chi connectivity index (χ3v) is 6.88. The highest BCUT2D eigenvalue weighted by Gasteiger charge is 2.24. The number of benzene rings is 2. The van der Waals surface area contributed by atoms with Crippen LogP contribution in [-0.4, -0.2) is 45.7 Å². The molecule has 2 aliphatic heterocycles. The fourth-order valence-electron chi connectivity index (χ4n) is 5.22. The maximum Gasteiger partial charge on any atom is 0.261 e. The van der Waals surface area contributed by atoms with Crippen LogP contribution in [0.2, 0.25) is 0 Å². The lowest BCUT2D eigenvalue weighted by molar-refractivity contribution is 0.205. The molecule has 2 aromatic carbocycles. The maximum atomic E-state index is 13.3. The fraction of sp³-hybridized carbons (Fsp3) is 0.385. The lowest BCUT2D eigenvalue weighted by Crippen LogP contribution is -2.31. The molecule has 4 aromatic rings. The van der Waals surface area contributed by atoms with Crippen LogP contribution in [0, 0.1) is 0 Å². The molecule has 0 radical (unpaired) electrons. The second-order valence-electron chi connectivity index (χ2n) is 8.95. The molecule has 2 aromatic heterocycles. The first-order valence-electron chi connectivity index (χ1n) is 11.8. The van der Waals surface area contributed by atoms with Crippen LogP contribution in [-0.2, 0) is 13.0 Å². The summed E-state index contributed by atoms with van der Waals surface area (Å²) in [6.07, 6.45) is 5.81. The molecule has 0 amide bonds. The molecule has 1 N–H and O–H groups in total. The highest BCUT2D eigenvalue weighted by Crippen LogP contribution is 2.33. The van der Waals surface area contributed by atoms with Gasteiger partial charge in [-0.1, -0.05) is 24.6 Å². The van der Waals surface area contributed by atoms with Crippen LogP contribution in [0.25, 0.3) is 33.3 Å². The second-order valence-corrected chi connectivity index (χ2v) is 8.95. The number of fused-ring (bicyclic) bond motifs is 6. The van der Waals surface area contributed by atoms with Gasteiger partial charge in [-0.05, 0) is 68.6 Å². The van der Waals surface area contributed by atoms with Gasteiger partial charge in [-0.2, -0.15) is 0 Å². The Hall–Kier alpha value is -2.83. The first-order valence-corrected chi connectivity index (χ1v) is 11.8.